The van der Waals surface area contributed by atoms with Gasteiger partial charge in [0.25, 0.3) is 0 Å². The number of nitrogens with one attached hydrogen (secondary N) is 1. The van der Waals surface area contributed by atoms with Gasteiger partial charge in [-0.2, -0.15) is 10.4 Å². The van der Waals surface area contributed by atoms with Gasteiger partial charge in [0.2, 0.25) is 0 Å². The fraction of sp³-hybridized carbons (Fsp3) is 0.765. The van der Waals surface area contributed by atoms with Gasteiger partial charge in [-0.25, -0.2) is 0 Å². The van der Waals surface area contributed by atoms with Crippen LogP contribution in [0.5, 0.6) is 0 Å². The Bertz CT molecular complexity index is 537. The van der Waals surface area contributed by atoms with Gasteiger partial charge in [0.1, 0.15) is 5.54 Å². The highest BCUT2D eigenvalue weighted by molar-refractivity contribution is 5.16. The van der Waals surface area contributed by atoms with Crippen molar-refractivity contribution in [2.75, 3.05) is 0 Å². The van der Waals surface area contributed by atoms with Crippen LogP contribution in [0.1, 0.15) is 69.8 Å². The maximum atomic E-state index is 9.72. The van der Waals surface area contributed by atoms with Crippen molar-refractivity contribution in [2.45, 2.75) is 82.8 Å². The van der Waals surface area contributed by atoms with Gasteiger partial charge in [-0.15, -0.1) is 0 Å². The number of nitrogens with zero attached hydrogens (tertiary/aromatic N) is 3. The molecule has 2 unspecified atom stereocenters. The molecule has 3 rings (SSSR count). The van der Waals surface area contributed by atoms with Gasteiger partial charge in [-0.05, 0) is 51.0 Å². The number of hydrogen-bond acceptors (Lipinski definition) is 3. The summed E-state index contributed by atoms with van der Waals surface area (Å²) in [6.45, 7) is 4.34. The summed E-state index contributed by atoms with van der Waals surface area (Å²) in [5.41, 5.74) is 2.17. The summed E-state index contributed by atoms with van der Waals surface area (Å²) in [5.74, 6) is 0. The van der Waals surface area contributed by atoms with Gasteiger partial charge in [-0.3, -0.25) is 10.00 Å². The Morgan fingerprint density at radius 3 is 2.81 bits per heavy atom. The fourth-order valence-corrected chi connectivity index (χ4v) is 3.58. The third-order valence-corrected chi connectivity index (χ3v) is 4.93. The molecule has 2 atom stereocenters. The first-order valence-electron chi connectivity index (χ1n) is 8.46. The average molecular weight is 286 g/mol. The van der Waals surface area contributed by atoms with Crippen molar-refractivity contribution in [1.29, 1.82) is 5.26 Å². The van der Waals surface area contributed by atoms with Crippen molar-refractivity contribution < 1.29 is 0 Å². The molecule has 2 saturated carbocycles. The minimum Gasteiger partial charge on any atom is -0.297 e. The van der Waals surface area contributed by atoms with E-state index in [9.17, 15) is 5.26 Å². The Labute approximate surface area is 127 Å². The molecule has 2 aliphatic carbocycles. The molecule has 0 aromatic carbocycles. The van der Waals surface area contributed by atoms with Gasteiger partial charge in [0.05, 0.1) is 17.8 Å². The van der Waals surface area contributed by atoms with E-state index in [1.807, 2.05) is 0 Å². The zero-order valence-corrected chi connectivity index (χ0v) is 13.2. The SMILES string of the molecule is CCc1cc(CC)n(C2CCCC(C#N)(NC3CC3)C2)n1. The van der Waals surface area contributed by atoms with Crippen LogP contribution < -0.4 is 5.32 Å². The lowest BCUT2D eigenvalue weighted by Gasteiger charge is -2.37. The highest BCUT2D eigenvalue weighted by Gasteiger charge is 2.41. The van der Waals surface area contributed by atoms with Crippen LogP contribution in [-0.2, 0) is 12.8 Å². The zero-order valence-electron chi connectivity index (χ0n) is 13.2. The molecule has 4 heteroatoms. The van der Waals surface area contributed by atoms with Gasteiger partial charge < -0.3 is 0 Å². The maximum absolute atomic E-state index is 9.72. The second-order valence-electron chi connectivity index (χ2n) is 6.64. The highest BCUT2D eigenvalue weighted by atomic mass is 15.3. The molecule has 1 N–H and O–H groups in total. The van der Waals surface area contributed by atoms with Crippen LogP contribution in [0.3, 0.4) is 0 Å². The summed E-state index contributed by atoms with van der Waals surface area (Å²) in [7, 11) is 0. The minimum absolute atomic E-state index is 0.326. The number of nitriles is 1. The van der Waals surface area contributed by atoms with E-state index in [1.165, 1.54) is 24.2 Å². The van der Waals surface area contributed by atoms with E-state index in [2.05, 4.69) is 36.0 Å². The lowest BCUT2D eigenvalue weighted by atomic mass is 9.79. The lowest BCUT2D eigenvalue weighted by Crippen LogP contribution is -2.49. The number of rotatable bonds is 5. The largest absolute Gasteiger partial charge is 0.297 e. The Kier molecular flexibility index (Phi) is 4.03. The third kappa shape index (κ3) is 2.98. The molecule has 0 bridgehead atoms. The van der Waals surface area contributed by atoms with E-state index in [1.54, 1.807) is 0 Å². The van der Waals surface area contributed by atoms with Crippen molar-refractivity contribution in [3.05, 3.63) is 17.5 Å². The quantitative estimate of drug-likeness (QED) is 0.904. The first-order valence-corrected chi connectivity index (χ1v) is 8.46. The van der Waals surface area contributed by atoms with E-state index >= 15 is 0 Å². The molecule has 1 aromatic heterocycles. The van der Waals surface area contributed by atoms with Crippen LogP contribution in [-0.4, -0.2) is 21.4 Å². The summed E-state index contributed by atoms with van der Waals surface area (Å²) in [6, 6.07) is 5.78. The maximum Gasteiger partial charge on any atom is 0.109 e. The van der Waals surface area contributed by atoms with Crippen LogP contribution in [0.15, 0.2) is 6.07 Å². The van der Waals surface area contributed by atoms with Crippen LogP contribution in [0.4, 0.5) is 0 Å². The molecule has 1 aromatic rings. The first-order chi connectivity index (χ1) is 10.2. The van der Waals surface area contributed by atoms with Gasteiger partial charge >= 0.3 is 0 Å². The average Bonchev–Trinajstić information content (AvgIpc) is 3.22. The predicted molar refractivity (Wildman–Crippen MR) is 83.0 cm³/mol. The van der Waals surface area contributed by atoms with Crippen LogP contribution >= 0.6 is 0 Å². The van der Waals surface area contributed by atoms with E-state index in [0.717, 1.165) is 38.5 Å². The Hall–Kier alpha value is -1.34. The molecule has 4 nitrogen and oxygen atoms in total. The molecule has 1 heterocycles. The lowest BCUT2D eigenvalue weighted by molar-refractivity contribution is 0.215. The van der Waals surface area contributed by atoms with Crippen LogP contribution in [0.2, 0.25) is 0 Å². The number of aryl methyl sites for hydroxylation is 2. The van der Waals surface area contributed by atoms with Gasteiger partial charge in [0, 0.05) is 18.2 Å². The van der Waals surface area contributed by atoms with Gasteiger partial charge in [0.15, 0.2) is 0 Å². The summed E-state index contributed by atoms with van der Waals surface area (Å²) >= 11 is 0. The third-order valence-electron chi connectivity index (χ3n) is 4.93. The molecule has 0 radical (unpaired) electrons. The topological polar surface area (TPSA) is 53.6 Å². The molecule has 0 amide bonds. The standard InChI is InChI=1S/C17H26N4/c1-3-13-10-15(4-2)21(20-13)16-6-5-9-17(11-16,12-18)19-14-7-8-14/h10,14,16,19H,3-9,11H2,1-2H3. The van der Waals surface area contributed by atoms with Crippen LogP contribution in [0.25, 0.3) is 0 Å². The molecule has 2 fully saturated rings. The summed E-state index contributed by atoms with van der Waals surface area (Å²) in [6.07, 6.45) is 8.61. The molecule has 21 heavy (non-hydrogen) atoms. The Morgan fingerprint density at radius 2 is 2.19 bits per heavy atom. The minimum atomic E-state index is -0.326. The summed E-state index contributed by atoms with van der Waals surface area (Å²) < 4.78 is 2.22. The van der Waals surface area contributed by atoms with Gasteiger partial charge in [-0.1, -0.05) is 13.8 Å². The molecule has 0 aliphatic heterocycles. The van der Waals surface area contributed by atoms with E-state index < -0.39 is 0 Å². The van der Waals surface area contributed by atoms with E-state index in [4.69, 9.17) is 5.10 Å². The van der Waals surface area contributed by atoms with Crippen molar-refractivity contribution >= 4 is 0 Å². The van der Waals surface area contributed by atoms with Crippen molar-refractivity contribution in [2.24, 2.45) is 0 Å². The highest BCUT2D eigenvalue weighted by Crippen LogP contribution is 2.38. The summed E-state index contributed by atoms with van der Waals surface area (Å²) in [5, 5.41) is 18.1. The second kappa shape index (κ2) is 5.81. The Balaban J connectivity index is 1.81. The predicted octanol–water partition coefficient (Wildman–Crippen LogP) is 3.14. The molecule has 0 saturated heterocycles. The first kappa shape index (κ1) is 14.6. The molecular formula is C17H26N4. The normalized spacial score (nSPS) is 29.3. The zero-order chi connectivity index (χ0) is 14.9. The number of hydrogen-bond donors (Lipinski definition) is 1. The number of aromatic nitrogens is 2. The molecule has 2 aliphatic rings. The Morgan fingerprint density at radius 1 is 1.38 bits per heavy atom. The van der Waals surface area contributed by atoms with Crippen molar-refractivity contribution in [1.82, 2.24) is 15.1 Å². The molecular weight excluding hydrogens is 260 g/mol. The van der Waals surface area contributed by atoms with Crippen molar-refractivity contribution in [3.8, 4) is 6.07 Å². The van der Waals surface area contributed by atoms with E-state index in [0.29, 0.717) is 12.1 Å². The van der Waals surface area contributed by atoms with E-state index in [-0.39, 0.29) is 5.54 Å². The van der Waals surface area contributed by atoms with Crippen LogP contribution in [0, 0.1) is 11.3 Å². The fourth-order valence-electron chi connectivity index (χ4n) is 3.58. The molecule has 114 valence electrons. The second-order valence-corrected chi connectivity index (χ2v) is 6.64. The van der Waals surface area contributed by atoms with Crippen molar-refractivity contribution in [3.63, 3.8) is 0 Å². The molecule has 0 spiro atoms. The monoisotopic (exact) mass is 286 g/mol. The summed E-state index contributed by atoms with van der Waals surface area (Å²) in [4.78, 5) is 0. The smallest absolute Gasteiger partial charge is 0.109 e.